The van der Waals surface area contributed by atoms with Gasteiger partial charge in [-0.3, -0.25) is 4.79 Å². The van der Waals surface area contributed by atoms with E-state index in [4.69, 9.17) is 5.11 Å². The van der Waals surface area contributed by atoms with E-state index in [0.717, 1.165) is 6.26 Å². The van der Waals surface area contributed by atoms with Crippen LogP contribution in [0, 0.1) is 5.92 Å². The minimum Gasteiger partial charge on any atom is -0.480 e. The van der Waals surface area contributed by atoms with E-state index >= 15 is 0 Å². The van der Waals surface area contributed by atoms with Gasteiger partial charge in [-0.05, 0) is 30.0 Å². The largest absolute Gasteiger partial charge is 0.480 e. The highest BCUT2D eigenvalue weighted by atomic mass is 32.2. The number of carboxylic acid groups (broad SMARTS) is 1. The van der Waals surface area contributed by atoms with Crippen LogP contribution in [0.5, 0.6) is 0 Å². The van der Waals surface area contributed by atoms with Gasteiger partial charge in [-0.2, -0.15) is 0 Å². The van der Waals surface area contributed by atoms with Gasteiger partial charge in [-0.1, -0.05) is 26.8 Å². The van der Waals surface area contributed by atoms with E-state index in [0.29, 0.717) is 12.0 Å². The predicted octanol–water partition coefficient (Wildman–Crippen LogP) is 1.49. The molecule has 1 aromatic carbocycles. The number of carbonyl (C=O) groups excluding carboxylic acids is 1. The fraction of sp³-hybridized carbons (Fsp3) is 0.467. The first-order valence-corrected chi connectivity index (χ1v) is 8.83. The maximum absolute atomic E-state index is 12.2. The van der Waals surface area contributed by atoms with Gasteiger partial charge in [-0.25, -0.2) is 13.2 Å². The lowest BCUT2D eigenvalue weighted by Crippen LogP contribution is -2.44. The van der Waals surface area contributed by atoms with Gasteiger partial charge < -0.3 is 10.4 Å². The molecule has 0 spiro atoms. The number of rotatable bonds is 6. The first-order valence-electron chi connectivity index (χ1n) is 6.94. The van der Waals surface area contributed by atoms with Crippen molar-refractivity contribution in [3.63, 3.8) is 0 Å². The highest BCUT2D eigenvalue weighted by Gasteiger charge is 2.24. The Morgan fingerprint density at radius 3 is 2.27 bits per heavy atom. The predicted molar refractivity (Wildman–Crippen MR) is 82.7 cm³/mol. The van der Waals surface area contributed by atoms with Crippen molar-refractivity contribution in [3.05, 3.63) is 29.3 Å². The summed E-state index contributed by atoms with van der Waals surface area (Å²) in [6.45, 7) is 5.19. The topological polar surface area (TPSA) is 101 Å². The van der Waals surface area contributed by atoms with Crippen LogP contribution in [-0.4, -0.2) is 37.7 Å². The Hall–Kier alpha value is -1.89. The number of hydrogen-bond donors (Lipinski definition) is 2. The Morgan fingerprint density at radius 2 is 1.86 bits per heavy atom. The average Bonchev–Trinajstić information content (AvgIpc) is 2.42. The molecule has 2 N–H and O–H groups in total. The van der Waals surface area contributed by atoms with Gasteiger partial charge in [0, 0.05) is 11.8 Å². The number of sulfone groups is 1. The molecule has 1 rings (SSSR count). The number of amides is 1. The molecule has 0 aliphatic rings. The Balaban J connectivity index is 3.17. The van der Waals surface area contributed by atoms with Crippen LogP contribution in [-0.2, 0) is 21.1 Å². The summed E-state index contributed by atoms with van der Waals surface area (Å²) >= 11 is 0. The zero-order chi connectivity index (χ0) is 17.1. The highest BCUT2D eigenvalue weighted by molar-refractivity contribution is 7.90. The van der Waals surface area contributed by atoms with Crippen molar-refractivity contribution >= 4 is 21.7 Å². The smallest absolute Gasteiger partial charge is 0.326 e. The van der Waals surface area contributed by atoms with Crippen molar-refractivity contribution in [2.24, 2.45) is 5.92 Å². The summed E-state index contributed by atoms with van der Waals surface area (Å²) in [4.78, 5) is 23.4. The van der Waals surface area contributed by atoms with Gasteiger partial charge in [0.2, 0.25) is 0 Å². The first-order chi connectivity index (χ1) is 10.1. The van der Waals surface area contributed by atoms with E-state index in [9.17, 15) is 18.0 Å². The van der Waals surface area contributed by atoms with Crippen molar-refractivity contribution in [2.75, 3.05) is 6.26 Å². The Bertz CT molecular complexity index is 679. The number of nitrogens with one attached hydrogen (secondary N) is 1. The maximum Gasteiger partial charge on any atom is 0.326 e. The minimum absolute atomic E-state index is 0.0964. The van der Waals surface area contributed by atoms with Gasteiger partial charge in [0.15, 0.2) is 9.84 Å². The third kappa shape index (κ3) is 4.30. The van der Waals surface area contributed by atoms with Gasteiger partial charge in [0.25, 0.3) is 5.91 Å². The summed E-state index contributed by atoms with van der Waals surface area (Å²) in [5, 5.41) is 11.5. The van der Waals surface area contributed by atoms with Crippen LogP contribution in [0.4, 0.5) is 0 Å². The lowest BCUT2D eigenvalue weighted by Gasteiger charge is -2.18. The number of aryl methyl sites for hydroxylation is 1. The van der Waals surface area contributed by atoms with Gasteiger partial charge in [0.1, 0.15) is 6.04 Å². The molecule has 7 heteroatoms. The molecule has 0 bridgehead atoms. The monoisotopic (exact) mass is 327 g/mol. The maximum atomic E-state index is 12.2. The molecule has 1 unspecified atom stereocenters. The molecule has 6 nitrogen and oxygen atoms in total. The zero-order valence-electron chi connectivity index (χ0n) is 13.1. The molecule has 22 heavy (non-hydrogen) atoms. The average molecular weight is 327 g/mol. The number of carbonyl (C=O) groups is 2. The lowest BCUT2D eigenvalue weighted by atomic mass is 10.0. The lowest BCUT2D eigenvalue weighted by molar-refractivity contribution is -0.140. The van der Waals surface area contributed by atoms with Crippen molar-refractivity contribution < 1.29 is 23.1 Å². The summed E-state index contributed by atoms with van der Waals surface area (Å²) < 4.78 is 23.6. The third-order valence-corrected chi connectivity index (χ3v) is 4.51. The Labute approximate surface area is 130 Å². The molecule has 0 aromatic heterocycles. The van der Waals surface area contributed by atoms with Gasteiger partial charge in [0.05, 0.1) is 4.90 Å². The molecule has 1 atom stereocenters. The van der Waals surface area contributed by atoms with E-state index in [-0.39, 0.29) is 16.4 Å². The van der Waals surface area contributed by atoms with Gasteiger partial charge >= 0.3 is 5.97 Å². The third-order valence-electron chi connectivity index (χ3n) is 3.33. The van der Waals surface area contributed by atoms with E-state index in [1.807, 2.05) is 6.92 Å². The second-order valence-corrected chi connectivity index (χ2v) is 7.47. The van der Waals surface area contributed by atoms with Crippen LogP contribution in [0.25, 0.3) is 0 Å². The van der Waals surface area contributed by atoms with Crippen molar-refractivity contribution in [1.82, 2.24) is 5.32 Å². The summed E-state index contributed by atoms with van der Waals surface area (Å²) in [7, 11) is -3.46. The molecular formula is C15H21NO5S. The number of benzene rings is 1. The number of aliphatic carboxylic acids is 1. The molecule has 0 aliphatic carbocycles. The molecule has 1 aromatic rings. The van der Waals surface area contributed by atoms with E-state index in [2.05, 4.69) is 5.32 Å². The van der Waals surface area contributed by atoms with E-state index < -0.39 is 27.8 Å². The minimum atomic E-state index is -3.46. The van der Waals surface area contributed by atoms with Crippen molar-refractivity contribution in [3.8, 4) is 0 Å². The van der Waals surface area contributed by atoms with Crippen molar-refractivity contribution in [2.45, 2.75) is 38.1 Å². The van der Waals surface area contributed by atoms with Crippen LogP contribution >= 0.6 is 0 Å². The van der Waals surface area contributed by atoms with Crippen LogP contribution in [0.15, 0.2) is 23.1 Å². The molecule has 1 amide bonds. The van der Waals surface area contributed by atoms with Crippen LogP contribution in [0.3, 0.4) is 0 Å². The molecule has 0 saturated heterocycles. The quantitative estimate of drug-likeness (QED) is 0.824. The van der Waals surface area contributed by atoms with Crippen molar-refractivity contribution in [1.29, 1.82) is 0 Å². The van der Waals surface area contributed by atoms with Crippen LogP contribution in [0.2, 0.25) is 0 Å². The Kier molecular flexibility index (Phi) is 5.71. The summed E-state index contributed by atoms with van der Waals surface area (Å²) in [6, 6.07) is 3.35. The number of carboxylic acids is 1. The normalized spacial score (nSPS) is 13.0. The zero-order valence-corrected chi connectivity index (χ0v) is 13.9. The summed E-state index contributed by atoms with van der Waals surface area (Å²) in [6.07, 6.45) is 1.60. The molecule has 0 saturated carbocycles. The fourth-order valence-electron chi connectivity index (χ4n) is 2.07. The standard InChI is InChI=1S/C15H21NO5S/c1-5-10-6-7-11(8-12(10)22(4,20)21)14(17)16-13(9(2)3)15(18)19/h6-9,13H,5H2,1-4H3,(H,16,17)(H,18,19). The molecule has 0 radical (unpaired) electrons. The molecule has 0 aliphatic heterocycles. The second-order valence-electron chi connectivity index (χ2n) is 5.48. The second kappa shape index (κ2) is 6.91. The fourth-order valence-corrected chi connectivity index (χ4v) is 3.10. The van der Waals surface area contributed by atoms with Crippen LogP contribution in [0.1, 0.15) is 36.7 Å². The van der Waals surface area contributed by atoms with Gasteiger partial charge in [-0.15, -0.1) is 0 Å². The Morgan fingerprint density at radius 1 is 1.27 bits per heavy atom. The molecule has 122 valence electrons. The molecular weight excluding hydrogens is 306 g/mol. The summed E-state index contributed by atoms with van der Waals surface area (Å²) in [5.74, 6) is -2.02. The molecule has 0 fully saturated rings. The van der Waals surface area contributed by atoms with E-state index in [1.54, 1.807) is 19.9 Å². The SMILES string of the molecule is CCc1ccc(C(=O)NC(C(=O)O)C(C)C)cc1S(C)(=O)=O. The van der Waals surface area contributed by atoms with E-state index in [1.165, 1.54) is 12.1 Å². The first kappa shape index (κ1) is 18.2. The molecule has 0 heterocycles. The number of hydrogen-bond acceptors (Lipinski definition) is 4. The van der Waals surface area contributed by atoms with Crippen LogP contribution < -0.4 is 5.32 Å². The summed E-state index contributed by atoms with van der Waals surface area (Å²) in [5.41, 5.74) is 0.752. The highest BCUT2D eigenvalue weighted by Crippen LogP contribution is 2.19.